The van der Waals surface area contributed by atoms with E-state index in [1.54, 1.807) is 12.0 Å². The van der Waals surface area contributed by atoms with Crippen molar-refractivity contribution in [3.05, 3.63) is 36.4 Å². The number of methoxy groups -OCH3 is 1. The highest BCUT2D eigenvalue weighted by Crippen LogP contribution is 2.64. The Hall–Kier alpha value is -2.43. The molecule has 4 nitrogen and oxygen atoms in total. The van der Waals surface area contributed by atoms with Gasteiger partial charge < -0.3 is 9.29 Å². The summed E-state index contributed by atoms with van der Waals surface area (Å²) in [5.41, 5.74) is 0. The second-order valence-electron chi connectivity index (χ2n) is 9.33. The fourth-order valence-electron chi connectivity index (χ4n) is 3.85. The standard InChI is InChI=1S/C15H17OS.C8HF17O3S/c1-16-14-8-9-15(17-10-4-5-11-17)13-7-3-2-6-12(13)14;9-1(10,3(13,14)5(17,18)7(21,22)23)2(11,12)4(15,16)6(19,20)8(24,25)29(26,27)28/h2-3,6-9H,4-5,10-11H2,1H3;(H,26,27,28)/q+1;/p-1. The van der Waals surface area contributed by atoms with Crippen LogP contribution in [0.4, 0.5) is 74.6 Å². The number of ether oxygens (including phenoxy) is 1. The first-order chi connectivity index (χ1) is 20.4. The van der Waals surface area contributed by atoms with E-state index in [0.717, 1.165) is 5.75 Å². The van der Waals surface area contributed by atoms with E-state index in [0.29, 0.717) is 10.9 Å². The molecule has 1 fully saturated rings. The first-order valence-electron chi connectivity index (χ1n) is 11.8. The molecule has 2 aromatic rings. The van der Waals surface area contributed by atoms with E-state index in [2.05, 4.69) is 36.4 Å². The average Bonchev–Trinajstić information content (AvgIpc) is 3.45. The van der Waals surface area contributed by atoms with Crippen LogP contribution in [0.15, 0.2) is 41.3 Å². The number of halogens is 17. The van der Waals surface area contributed by atoms with Crippen LogP contribution < -0.4 is 4.74 Å². The smallest absolute Gasteiger partial charge is 0.460 e. The molecule has 0 aromatic heterocycles. The highest BCUT2D eigenvalue weighted by atomic mass is 32.2. The van der Waals surface area contributed by atoms with Crippen molar-refractivity contribution in [1.29, 1.82) is 0 Å². The Morgan fingerprint density at radius 1 is 0.609 bits per heavy atom. The van der Waals surface area contributed by atoms with Crippen LogP contribution in [0.5, 0.6) is 5.75 Å². The number of benzene rings is 2. The normalized spacial score (nSPS) is 16.8. The van der Waals surface area contributed by atoms with E-state index in [4.69, 9.17) is 4.74 Å². The van der Waals surface area contributed by atoms with Crippen LogP contribution in [0.2, 0.25) is 0 Å². The topological polar surface area (TPSA) is 66.4 Å². The van der Waals surface area contributed by atoms with Gasteiger partial charge in [0.05, 0.1) is 7.11 Å². The van der Waals surface area contributed by atoms with Crippen molar-refractivity contribution in [3.63, 3.8) is 0 Å². The second kappa shape index (κ2) is 12.2. The minimum Gasteiger partial charge on any atom is -0.743 e. The number of hydrogen-bond donors (Lipinski definition) is 0. The molecule has 0 bridgehead atoms. The summed E-state index contributed by atoms with van der Waals surface area (Å²) < 4.78 is 249. The first-order valence-corrected chi connectivity index (χ1v) is 14.8. The molecule has 0 unspecified atom stereocenters. The maximum Gasteiger partial charge on any atom is 0.460 e. The van der Waals surface area contributed by atoms with Crippen LogP contribution in [0.1, 0.15) is 12.8 Å². The molecule has 0 saturated carbocycles. The third-order valence-electron chi connectivity index (χ3n) is 6.41. The van der Waals surface area contributed by atoms with Crippen molar-refractivity contribution in [2.24, 2.45) is 0 Å². The summed E-state index contributed by atoms with van der Waals surface area (Å²) in [6.07, 6.45) is -5.11. The maximum absolute atomic E-state index is 13.0. The minimum atomic E-state index is -8.92. The van der Waals surface area contributed by atoms with Gasteiger partial charge in [0.25, 0.3) is 0 Å². The van der Waals surface area contributed by atoms with Gasteiger partial charge in [-0.3, -0.25) is 0 Å². The molecule has 1 aliphatic rings. The zero-order valence-electron chi connectivity index (χ0n) is 22.2. The Balaban J connectivity index is 0.000000361. The Labute approximate surface area is 250 Å². The molecule has 46 heavy (non-hydrogen) atoms. The zero-order chi connectivity index (χ0) is 36.2. The molecule has 0 spiro atoms. The first kappa shape index (κ1) is 39.7. The van der Waals surface area contributed by atoms with Gasteiger partial charge in [-0.1, -0.05) is 18.2 Å². The predicted octanol–water partition coefficient (Wildman–Crippen LogP) is 8.12. The SMILES string of the molecule is COc1ccc([S+]2CCCC2)c2ccccc12.O=S(=O)([O-])C(F)(F)C(F)(F)C(F)(F)C(F)(F)C(F)(F)C(F)(F)C(F)(F)C(F)(F)F. The van der Waals surface area contributed by atoms with Crippen molar-refractivity contribution >= 4 is 31.8 Å². The van der Waals surface area contributed by atoms with Gasteiger partial charge in [0.1, 0.15) is 17.3 Å². The van der Waals surface area contributed by atoms with E-state index in [1.807, 2.05) is 0 Å². The Morgan fingerprint density at radius 2 is 1.00 bits per heavy atom. The summed E-state index contributed by atoms with van der Waals surface area (Å²) in [7, 11) is -5.93. The average molecular weight is 744 g/mol. The molecule has 3 rings (SSSR count). The molecule has 2 aromatic carbocycles. The lowest BCUT2D eigenvalue weighted by Crippen LogP contribution is -2.75. The van der Waals surface area contributed by atoms with Crippen LogP contribution in [0, 0.1) is 0 Å². The van der Waals surface area contributed by atoms with E-state index in [1.165, 1.54) is 35.1 Å². The third-order valence-corrected chi connectivity index (χ3v) is 9.84. The van der Waals surface area contributed by atoms with Gasteiger partial charge >= 0.3 is 47.0 Å². The molecule has 0 atom stereocenters. The number of rotatable bonds is 9. The summed E-state index contributed by atoms with van der Waals surface area (Å²) in [4.78, 5) is 1.54. The van der Waals surface area contributed by atoms with Crippen molar-refractivity contribution < 1.29 is 92.3 Å². The second-order valence-corrected chi connectivity index (χ2v) is 13.0. The molecule has 1 heterocycles. The number of hydrogen-bond acceptors (Lipinski definition) is 4. The number of alkyl halides is 17. The maximum atomic E-state index is 13.0. The van der Waals surface area contributed by atoms with Crippen LogP contribution in [-0.4, -0.2) is 78.6 Å². The molecule has 23 heteroatoms. The van der Waals surface area contributed by atoms with Crippen LogP contribution in [0.3, 0.4) is 0 Å². The highest BCUT2D eigenvalue weighted by Gasteiger charge is 2.95. The molecule has 0 radical (unpaired) electrons. The molecule has 0 aliphatic carbocycles. The Bertz CT molecular complexity index is 1500. The fraction of sp³-hybridized carbons (Fsp3) is 0.565. The summed E-state index contributed by atoms with van der Waals surface area (Å²) >= 11 is 0. The van der Waals surface area contributed by atoms with Crippen LogP contribution in [-0.2, 0) is 21.0 Å². The lowest BCUT2D eigenvalue weighted by Gasteiger charge is -2.42. The van der Waals surface area contributed by atoms with Gasteiger partial charge in [0, 0.05) is 21.7 Å². The van der Waals surface area contributed by atoms with Gasteiger partial charge in [0.2, 0.25) is 0 Å². The molecular formula is C23H17F17O4S2. The molecule has 264 valence electrons. The van der Waals surface area contributed by atoms with Gasteiger partial charge in [0.15, 0.2) is 15.0 Å². The summed E-state index contributed by atoms with van der Waals surface area (Å²) in [5, 5.41) is -5.31. The van der Waals surface area contributed by atoms with Crippen molar-refractivity contribution in [3.8, 4) is 5.75 Å². The molecular weight excluding hydrogens is 727 g/mol. The fourth-order valence-corrected chi connectivity index (χ4v) is 6.80. The van der Waals surface area contributed by atoms with Gasteiger partial charge in [-0.15, -0.1) is 0 Å². The molecule has 1 saturated heterocycles. The number of fused-ring (bicyclic) bond motifs is 1. The zero-order valence-corrected chi connectivity index (χ0v) is 23.8. The van der Waals surface area contributed by atoms with Crippen LogP contribution in [0.25, 0.3) is 10.8 Å². The van der Waals surface area contributed by atoms with Crippen LogP contribution >= 0.6 is 0 Å². The monoisotopic (exact) mass is 744 g/mol. The summed E-state index contributed by atoms with van der Waals surface area (Å²) in [5.74, 6) is -48.4. The van der Waals surface area contributed by atoms with Gasteiger partial charge in [-0.25, -0.2) is 8.42 Å². The third kappa shape index (κ3) is 6.02. The lowest BCUT2D eigenvalue weighted by molar-refractivity contribution is -0.458. The summed E-state index contributed by atoms with van der Waals surface area (Å²) in [6, 6.07) is 13.0. The Kier molecular flexibility index (Phi) is 10.6. The van der Waals surface area contributed by atoms with Crippen molar-refractivity contribution in [1.82, 2.24) is 0 Å². The highest BCUT2D eigenvalue weighted by molar-refractivity contribution is 7.97. The molecule has 0 amide bonds. The van der Waals surface area contributed by atoms with E-state index in [9.17, 15) is 87.6 Å². The lowest BCUT2D eigenvalue weighted by atomic mass is 9.91. The summed E-state index contributed by atoms with van der Waals surface area (Å²) in [6.45, 7) is 0. The minimum absolute atomic E-state index is 0.469. The van der Waals surface area contributed by atoms with Crippen molar-refractivity contribution in [2.45, 2.75) is 64.7 Å². The van der Waals surface area contributed by atoms with E-state index < -0.39 is 57.1 Å². The largest absolute Gasteiger partial charge is 0.743 e. The van der Waals surface area contributed by atoms with E-state index >= 15 is 0 Å². The predicted molar refractivity (Wildman–Crippen MR) is 125 cm³/mol. The van der Waals surface area contributed by atoms with Gasteiger partial charge in [-0.05, 0) is 31.0 Å². The van der Waals surface area contributed by atoms with E-state index in [-0.39, 0.29) is 0 Å². The molecule has 1 aliphatic heterocycles. The Morgan fingerprint density at radius 3 is 1.39 bits per heavy atom. The van der Waals surface area contributed by atoms with Crippen molar-refractivity contribution in [2.75, 3.05) is 18.6 Å². The molecule has 0 N–H and O–H groups in total. The quantitative estimate of drug-likeness (QED) is 0.148. The van der Waals surface area contributed by atoms with Gasteiger partial charge in [-0.2, -0.15) is 74.6 Å².